The smallest absolute Gasteiger partial charge is 0.265 e. The van der Waals surface area contributed by atoms with Gasteiger partial charge in [0.15, 0.2) is 11.5 Å². The fourth-order valence-electron chi connectivity index (χ4n) is 4.98. The average molecular weight is 468 g/mol. The number of carbonyl (C=O) groups is 1. The van der Waals surface area contributed by atoms with E-state index in [-0.39, 0.29) is 11.5 Å². The largest absolute Gasteiger partial charge is 0.448 e. The minimum Gasteiger partial charge on any atom is -0.448 e. The molecule has 1 aliphatic carbocycles. The van der Waals surface area contributed by atoms with Gasteiger partial charge in [0.2, 0.25) is 0 Å². The molecule has 3 aromatic carbocycles. The minimum absolute atomic E-state index is 0.138. The lowest BCUT2D eigenvalue weighted by Crippen LogP contribution is -2.40. The highest BCUT2D eigenvalue weighted by molar-refractivity contribution is 6.04. The van der Waals surface area contributed by atoms with E-state index in [0.717, 1.165) is 31.4 Å². The zero-order valence-electron chi connectivity index (χ0n) is 19.4. The second-order valence-electron chi connectivity index (χ2n) is 9.15. The summed E-state index contributed by atoms with van der Waals surface area (Å²) in [6.07, 6.45) is 5.15. The van der Waals surface area contributed by atoms with E-state index in [9.17, 15) is 9.59 Å². The van der Waals surface area contributed by atoms with Crippen LogP contribution in [0.1, 0.15) is 48.3 Å². The molecule has 1 aliphatic heterocycles. The third kappa shape index (κ3) is 3.83. The van der Waals surface area contributed by atoms with Crippen molar-refractivity contribution in [3.05, 3.63) is 88.5 Å². The third-order valence-corrected chi connectivity index (χ3v) is 6.74. The van der Waals surface area contributed by atoms with Crippen LogP contribution in [0.2, 0.25) is 0 Å². The summed E-state index contributed by atoms with van der Waals surface area (Å²) < 4.78 is 13.8. The molecule has 1 saturated carbocycles. The number of para-hydroxylation sites is 1. The van der Waals surface area contributed by atoms with E-state index in [1.807, 2.05) is 36.4 Å². The molecule has 176 valence electrons. The standard InChI is InChI=1S/C28H25N3O4/c1-18-29-23-8-4-3-7-22(23)27(33)31(18)21-12-9-19(10-13-21)26(32)30-20-11-14-24-25(17-20)35-28(34-24)15-5-2-6-16-28/h3-4,7-14,17H,2,5-6,15-16H2,1H3,(H,30,32). The SMILES string of the molecule is Cc1nc2ccccc2c(=O)n1-c1ccc(C(=O)Nc2ccc3c(c2)OC2(CCCCC2)O3)cc1. The highest BCUT2D eigenvalue weighted by Gasteiger charge is 2.42. The van der Waals surface area contributed by atoms with E-state index >= 15 is 0 Å². The van der Waals surface area contributed by atoms with Crippen LogP contribution in [0.25, 0.3) is 16.6 Å². The number of hydrogen-bond donors (Lipinski definition) is 1. The number of hydrogen-bond acceptors (Lipinski definition) is 5. The summed E-state index contributed by atoms with van der Waals surface area (Å²) in [7, 11) is 0. The lowest BCUT2D eigenvalue weighted by atomic mass is 9.94. The lowest BCUT2D eigenvalue weighted by molar-refractivity contribution is -0.105. The Balaban J connectivity index is 1.21. The molecule has 1 N–H and O–H groups in total. The van der Waals surface area contributed by atoms with E-state index in [1.165, 1.54) is 6.42 Å². The Morgan fingerprint density at radius 2 is 1.69 bits per heavy atom. The van der Waals surface area contributed by atoms with E-state index < -0.39 is 5.79 Å². The van der Waals surface area contributed by atoms with Gasteiger partial charge in [-0.25, -0.2) is 4.98 Å². The van der Waals surface area contributed by atoms with Gasteiger partial charge >= 0.3 is 0 Å². The molecular formula is C28H25N3O4. The molecule has 2 heterocycles. The van der Waals surface area contributed by atoms with Crippen molar-refractivity contribution in [1.82, 2.24) is 9.55 Å². The second kappa shape index (κ2) is 8.27. The summed E-state index contributed by atoms with van der Waals surface area (Å²) in [4.78, 5) is 30.5. The fraction of sp³-hybridized carbons (Fsp3) is 0.250. The quantitative estimate of drug-likeness (QED) is 0.438. The van der Waals surface area contributed by atoms with Crippen molar-refractivity contribution in [3.63, 3.8) is 0 Å². The number of nitrogens with one attached hydrogen (secondary N) is 1. The third-order valence-electron chi connectivity index (χ3n) is 6.74. The van der Waals surface area contributed by atoms with Crippen molar-refractivity contribution >= 4 is 22.5 Å². The Bertz CT molecular complexity index is 1500. The van der Waals surface area contributed by atoms with Gasteiger partial charge in [-0.1, -0.05) is 18.6 Å². The van der Waals surface area contributed by atoms with Gasteiger partial charge in [0.05, 0.1) is 16.6 Å². The molecule has 0 bridgehead atoms. The zero-order valence-corrected chi connectivity index (χ0v) is 19.4. The molecule has 1 aromatic heterocycles. The maximum absolute atomic E-state index is 13.0. The van der Waals surface area contributed by atoms with Crippen LogP contribution in [-0.2, 0) is 0 Å². The van der Waals surface area contributed by atoms with E-state index in [4.69, 9.17) is 9.47 Å². The van der Waals surface area contributed by atoms with E-state index in [1.54, 1.807) is 41.8 Å². The van der Waals surface area contributed by atoms with Crippen LogP contribution in [0.3, 0.4) is 0 Å². The number of fused-ring (bicyclic) bond motifs is 2. The molecule has 4 aromatic rings. The molecule has 0 saturated heterocycles. The first-order valence-electron chi connectivity index (χ1n) is 11.9. The Morgan fingerprint density at radius 1 is 0.943 bits per heavy atom. The number of benzene rings is 3. The topological polar surface area (TPSA) is 82.5 Å². The highest BCUT2D eigenvalue weighted by Crippen LogP contribution is 2.46. The molecular weight excluding hydrogens is 442 g/mol. The van der Waals surface area contributed by atoms with E-state index in [2.05, 4.69) is 10.3 Å². The Labute approximate surface area is 202 Å². The number of anilines is 1. The van der Waals surface area contributed by atoms with Crippen molar-refractivity contribution in [3.8, 4) is 17.2 Å². The highest BCUT2D eigenvalue weighted by atomic mass is 16.7. The summed E-state index contributed by atoms with van der Waals surface area (Å²) in [5.74, 6) is 1.18. The zero-order chi connectivity index (χ0) is 24.0. The van der Waals surface area contributed by atoms with Gasteiger partial charge in [-0.15, -0.1) is 0 Å². The molecule has 1 fully saturated rings. The van der Waals surface area contributed by atoms with Crippen LogP contribution in [-0.4, -0.2) is 21.2 Å². The molecule has 0 unspecified atom stereocenters. The molecule has 0 radical (unpaired) electrons. The maximum Gasteiger partial charge on any atom is 0.265 e. The van der Waals surface area contributed by atoms with Crippen LogP contribution >= 0.6 is 0 Å². The fourth-order valence-corrected chi connectivity index (χ4v) is 4.98. The molecule has 1 spiro atoms. The van der Waals surface area contributed by atoms with Crippen molar-refractivity contribution < 1.29 is 14.3 Å². The molecule has 35 heavy (non-hydrogen) atoms. The van der Waals surface area contributed by atoms with Crippen LogP contribution < -0.4 is 20.3 Å². The summed E-state index contributed by atoms with van der Waals surface area (Å²) in [5, 5.41) is 3.48. The number of amides is 1. The molecule has 7 nitrogen and oxygen atoms in total. The minimum atomic E-state index is -0.549. The van der Waals surface area contributed by atoms with Gasteiger partial charge in [-0.3, -0.25) is 14.2 Å². The van der Waals surface area contributed by atoms with Crippen LogP contribution in [0.15, 0.2) is 71.5 Å². The Hall–Kier alpha value is -4.13. The van der Waals surface area contributed by atoms with Gasteiger partial charge in [0.1, 0.15) is 5.82 Å². The molecule has 7 heteroatoms. The number of carbonyl (C=O) groups excluding carboxylic acids is 1. The summed E-state index contributed by atoms with van der Waals surface area (Å²) in [6.45, 7) is 1.80. The second-order valence-corrected chi connectivity index (χ2v) is 9.15. The van der Waals surface area contributed by atoms with Gasteiger partial charge in [0, 0.05) is 30.2 Å². The first-order valence-corrected chi connectivity index (χ1v) is 11.9. The van der Waals surface area contributed by atoms with Crippen LogP contribution in [0.4, 0.5) is 5.69 Å². The van der Waals surface area contributed by atoms with Gasteiger partial charge in [-0.2, -0.15) is 0 Å². The Kier molecular flexibility index (Phi) is 5.06. The first kappa shape index (κ1) is 21.4. The van der Waals surface area contributed by atoms with Gasteiger partial charge < -0.3 is 14.8 Å². The number of aromatic nitrogens is 2. The van der Waals surface area contributed by atoms with Crippen molar-refractivity contribution in [2.75, 3.05) is 5.32 Å². The predicted octanol–water partition coefficient (Wildman–Crippen LogP) is 5.38. The lowest BCUT2D eigenvalue weighted by Gasteiger charge is -2.31. The van der Waals surface area contributed by atoms with Crippen LogP contribution in [0.5, 0.6) is 11.5 Å². The summed E-state index contributed by atoms with van der Waals surface area (Å²) in [6, 6.07) is 19.7. The van der Waals surface area contributed by atoms with Crippen molar-refractivity contribution in [1.29, 1.82) is 0 Å². The number of rotatable bonds is 3. The van der Waals surface area contributed by atoms with Crippen LogP contribution in [0, 0.1) is 6.92 Å². The van der Waals surface area contributed by atoms with Crippen molar-refractivity contribution in [2.45, 2.75) is 44.8 Å². The summed E-state index contributed by atoms with van der Waals surface area (Å²) >= 11 is 0. The molecule has 2 aliphatic rings. The van der Waals surface area contributed by atoms with Gasteiger partial charge in [0.25, 0.3) is 17.3 Å². The number of ether oxygens (including phenoxy) is 2. The monoisotopic (exact) mass is 467 g/mol. The van der Waals surface area contributed by atoms with Gasteiger partial charge in [-0.05, 0) is 68.3 Å². The first-order chi connectivity index (χ1) is 17.0. The molecule has 6 rings (SSSR count). The maximum atomic E-state index is 13.0. The molecule has 0 atom stereocenters. The predicted molar refractivity (Wildman–Crippen MR) is 134 cm³/mol. The molecule has 1 amide bonds. The number of nitrogens with zero attached hydrogens (tertiary/aromatic N) is 2. The normalized spacial score (nSPS) is 15.9. The van der Waals surface area contributed by atoms with E-state index in [0.29, 0.717) is 39.4 Å². The van der Waals surface area contributed by atoms with Crippen molar-refractivity contribution in [2.24, 2.45) is 0 Å². The average Bonchev–Trinajstić information content (AvgIpc) is 3.21. The number of aryl methyl sites for hydroxylation is 1. The summed E-state index contributed by atoms with van der Waals surface area (Å²) in [5.41, 5.74) is 2.31. The Morgan fingerprint density at radius 3 is 2.49 bits per heavy atom.